The zero-order chi connectivity index (χ0) is 20.1. The first kappa shape index (κ1) is 20.0. The minimum atomic E-state index is -0.289. The van der Waals surface area contributed by atoms with Crippen molar-refractivity contribution in [3.05, 3.63) is 35.9 Å². The molecule has 2 aliphatic rings. The lowest BCUT2D eigenvalue weighted by atomic mass is 9.92. The Labute approximate surface area is 169 Å². The summed E-state index contributed by atoms with van der Waals surface area (Å²) in [5, 5.41) is 4.05. The first-order chi connectivity index (χ1) is 14.2. The second kappa shape index (κ2) is 9.45. The fraction of sp³-hybridized carbons (Fsp3) is 0.571. The molecule has 3 heterocycles. The van der Waals surface area contributed by atoms with Gasteiger partial charge in [-0.2, -0.15) is 4.98 Å². The molecule has 0 spiro atoms. The minimum Gasteiger partial charge on any atom is -0.379 e. The van der Waals surface area contributed by atoms with Crippen LogP contribution in [0.4, 0.5) is 4.39 Å². The summed E-state index contributed by atoms with van der Waals surface area (Å²) >= 11 is 0. The molecule has 1 aromatic carbocycles. The van der Waals surface area contributed by atoms with Gasteiger partial charge in [0, 0.05) is 38.2 Å². The number of aryl methyl sites for hydroxylation is 1. The number of amides is 1. The highest BCUT2D eigenvalue weighted by Gasteiger charge is 2.25. The van der Waals surface area contributed by atoms with Crippen molar-refractivity contribution in [3.63, 3.8) is 0 Å². The van der Waals surface area contributed by atoms with E-state index >= 15 is 0 Å². The van der Waals surface area contributed by atoms with Crippen LogP contribution in [0, 0.1) is 11.7 Å². The summed E-state index contributed by atoms with van der Waals surface area (Å²) in [4.78, 5) is 21.1. The van der Waals surface area contributed by atoms with E-state index < -0.39 is 0 Å². The van der Waals surface area contributed by atoms with Gasteiger partial charge in [-0.05, 0) is 49.4 Å². The Bertz CT molecular complexity index is 797. The number of hydrogen-bond donors (Lipinski definition) is 0. The largest absolute Gasteiger partial charge is 0.379 e. The second-order valence-corrected chi connectivity index (χ2v) is 7.77. The molecule has 2 aromatic rings. The maximum atomic E-state index is 13.0. The van der Waals surface area contributed by atoms with Gasteiger partial charge in [0.25, 0.3) is 5.89 Å². The van der Waals surface area contributed by atoms with E-state index in [4.69, 9.17) is 9.26 Å². The number of aromatic nitrogens is 2. The van der Waals surface area contributed by atoms with Crippen molar-refractivity contribution in [2.45, 2.75) is 25.7 Å². The molecular weight excluding hydrogens is 375 g/mol. The Balaban J connectivity index is 1.20. The second-order valence-electron chi connectivity index (χ2n) is 7.77. The summed E-state index contributed by atoms with van der Waals surface area (Å²) in [5.41, 5.74) is 0.720. The van der Waals surface area contributed by atoms with Gasteiger partial charge in [-0.25, -0.2) is 4.39 Å². The van der Waals surface area contributed by atoms with Crippen molar-refractivity contribution in [2.75, 3.05) is 45.9 Å². The van der Waals surface area contributed by atoms with Gasteiger partial charge in [0.05, 0.1) is 19.8 Å². The molecule has 0 bridgehead atoms. The van der Waals surface area contributed by atoms with Gasteiger partial charge < -0.3 is 14.2 Å². The van der Waals surface area contributed by atoms with Crippen LogP contribution < -0.4 is 0 Å². The van der Waals surface area contributed by atoms with Gasteiger partial charge in [-0.15, -0.1) is 0 Å². The number of likely N-dealkylation sites (tertiary alicyclic amines) is 1. The number of nitrogens with zero attached hydrogens (tertiary/aromatic N) is 4. The van der Waals surface area contributed by atoms with Crippen LogP contribution in [0.5, 0.6) is 0 Å². The van der Waals surface area contributed by atoms with Gasteiger partial charge in [0.2, 0.25) is 5.91 Å². The molecule has 0 saturated carbocycles. The molecule has 0 N–H and O–H groups in total. The van der Waals surface area contributed by atoms with Gasteiger partial charge in [0.1, 0.15) is 5.82 Å². The molecular formula is C21H27FN4O3. The third-order valence-electron chi connectivity index (χ3n) is 5.77. The number of piperidine rings is 1. The fourth-order valence-corrected chi connectivity index (χ4v) is 3.92. The Kier molecular flexibility index (Phi) is 6.51. The molecule has 2 saturated heterocycles. The Morgan fingerprint density at radius 2 is 1.83 bits per heavy atom. The van der Waals surface area contributed by atoms with Crippen LogP contribution in [-0.4, -0.2) is 71.8 Å². The lowest BCUT2D eigenvalue weighted by Crippen LogP contribution is -2.47. The SMILES string of the molecule is O=C(CN1CCOCC1)N1CCC(CCc2noc(-c3ccc(F)cc3)n2)CC1. The number of morpholine rings is 1. The van der Waals surface area contributed by atoms with Crippen molar-refractivity contribution in [1.82, 2.24) is 19.9 Å². The predicted molar refractivity (Wildman–Crippen MR) is 105 cm³/mol. The van der Waals surface area contributed by atoms with Gasteiger partial charge >= 0.3 is 0 Å². The molecule has 2 fully saturated rings. The average molecular weight is 402 g/mol. The maximum Gasteiger partial charge on any atom is 0.257 e. The van der Waals surface area contributed by atoms with Gasteiger partial charge in [-0.3, -0.25) is 9.69 Å². The number of hydrogen-bond acceptors (Lipinski definition) is 6. The minimum absolute atomic E-state index is 0.229. The number of carbonyl (C=O) groups is 1. The zero-order valence-electron chi connectivity index (χ0n) is 16.6. The molecule has 29 heavy (non-hydrogen) atoms. The van der Waals surface area contributed by atoms with E-state index in [1.165, 1.54) is 12.1 Å². The van der Waals surface area contributed by atoms with Crippen molar-refractivity contribution < 1.29 is 18.4 Å². The van der Waals surface area contributed by atoms with E-state index in [9.17, 15) is 9.18 Å². The van der Waals surface area contributed by atoms with E-state index in [1.54, 1.807) is 12.1 Å². The summed E-state index contributed by atoms with van der Waals surface area (Å²) in [6, 6.07) is 6.03. The van der Waals surface area contributed by atoms with Crippen molar-refractivity contribution in [3.8, 4) is 11.5 Å². The number of carbonyl (C=O) groups excluding carboxylic acids is 1. The lowest BCUT2D eigenvalue weighted by molar-refractivity contribution is -0.134. The molecule has 4 rings (SSSR count). The molecule has 156 valence electrons. The predicted octanol–water partition coefficient (Wildman–Crippen LogP) is 2.38. The number of ether oxygens (including phenoxy) is 1. The summed E-state index contributed by atoms with van der Waals surface area (Å²) in [7, 11) is 0. The van der Waals surface area contributed by atoms with Crippen LogP contribution in [-0.2, 0) is 16.0 Å². The molecule has 2 aliphatic heterocycles. The molecule has 7 nitrogen and oxygen atoms in total. The third-order valence-corrected chi connectivity index (χ3v) is 5.77. The van der Waals surface area contributed by atoms with Crippen molar-refractivity contribution >= 4 is 5.91 Å². The Morgan fingerprint density at radius 1 is 1.10 bits per heavy atom. The highest BCUT2D eigenvalue weighted by molar-refractivity contribution is 5.78. The topological polar surface area (TPSA) is 71.7 Å². The third kappa shape index (κ3) is 5.39. The summed E-state index contributed by atoms with van der Waals surface area (Å²) < 4.78 is 23.7. The molecule has 0 aliphatic carbocycles. The van der Waals surface area contributed by atoms with Crippen LogP contribution in [0.2, 0.25) is 0 Å². The van der Waals surface area contributed by atoms with Crippen LogP contribution in [0.25, 0.3) is 11.5 Å². The highest BCUT2D eigenvalue weighted by atomic mass is 19.1. The van der Waals surface area contributed by atoms with E-state index in [0.29, 0.717) is 37.4 Å². The normalized spacial score (nSPS) is 18.9. The Morgan fingerprint density at radius 3 is 2.55 bits per heavy atom. The average Bonchev–Trinajstić information content (AvgIpc) is 3.23. The summed E-state index contributed by atoms with van der Waals surface area (Å²) in [5.74, 6) is 1.60. The summed E-state index contributed by atoms with van der Waals surface area (Å²) in [6.07, 6.45) is 3.75. The number of halogens is 1. The van der Waals surface area contributed by atoms with Crippen LogP contribution in [0.1, 0.15) is 25.1 Å². The fourth-order valence-electron chi connectivity index (χ4n) is 3.92. The van der Waals surface area contributed by atoms with E-state index in [2.05, 4.69) is 15.0 Å². The zero-order valence-corrected chi connectivity index (χ0v) is 16.6. The van der Waals surface area contributed by atoms with E-state index in [0.717, 1.165) is 57.4 Å². The number of benzene rings is 1. The molecule has 1 amide bonds. The summed E-state index contributed by atoms with van der Waals surface area (Å²) in [6.45, 7) is 5.26. The first-order valence-electron chi connectivity index (χ1n) is 10.3. The van der Waals surface area contributed by atoms with Gasteiger partial charge in [-0.1, -0.05) is 5.16 Å². The Hall–Kier alpha value is -2.32. The molecule has 8 heteroatoms. The smallest absolute Gasteiger partial charge is 0.257 e. The lowest BCUT2D eigenvalue weighted by Gasteiger charge is -2.34. The number of rotatable bonds is 6. The molecule has 0 unspecified atom stereocenters. The van der Waals surface area contributed by atoms with E-state index in [-0.39, 0.29) is 11.7 Å². The molecule has 1 aromatic heterocycles. The maximum absolute atomic E-state index is 13.0. The van der Waals surface area contributed by atoms with Crippen LogP contribution in [0.15, 0.2) is 28.8 Å². The molecule has 0 atom stereocenters. The quantitative estimate of drug-likeness (QED) is 0.739. The van der Waals surface area contributed by atoms with Crippen molar-refractivity contribution in [1.29, 1.82) is 0 Å². The van der Waals surface area contributed by atoms with Crippen LogP contribution in [0.3, 0.4) is 0 Å². The van der Waals surface area contributed by atoms with Gasteiger partial charge in [0.15, 0.2) is 5.82 Å². The van der Waals surface area contributed by atoms with Crippen molar-refractivity contribution in [2.24, 2.45) is 5.92 Å². The first-order valence-corrected chi connectivity index (χ1v) is 10.3. The highest BCUT2D eigenvalue weighted by Crippen LogP contribution is 2.23. The monoisotopic (exact) mass is 402 g/mol. The van der Waals surface area contributed by atoms with Crippen LogP contribution >= 0.6 is 0 Å². The standard InChI is InChI=1S/C21H27FN4O3/c22-18-4-2-17(3-5-18)21-23-19(24-29-21)6-1-16-7-9-26(10-8-16)20(27)15-25-11-13-28-14-12-25/h2-5,16H,1,6-15H2. The van der Waals surface area contributed by atoms with E-state index in [1.807, 2.05) is 4.90 Å². The molecule has 0 radical (unpaired) electrons.